The molecule has 10 heteroatoms. The minimum Gasteiger partial charge on any atom is -0.352 e. The molecule has 2 fully saturated rings. The number of aromatic nitrogens is 4. The second-order valence-corrected chi connectivity index (χ2v) is 10.3. The Morgan fingerprint density at radius 1 is 1.19 bits per heavy atom. The van der Waals surface area contributed by atoms with E-state index in [0.717, 1.165) is 52.2 Å². The topological polar surface area (TPSA) is 111 Å². The second-order valence-electron chi connectivity index (χ2n) is 10.3. The lowest BCUT2D eigenvalue weighted by molar-refractivity contribution is -0.0730. The number of rotatable bonds is 4. The molecule has 0 unspecified atom stereocenters. The zero-order valence-corrected chi connectivity index (χ0v) is 20.8. The van der Waals surface area contributed by atoms with Crippen molar-refractivity contribution in [1.29, 1.82) is 0 Å². The molecule has 3 aliphatic rings. The van der Waals surface area contributed by atoms with E-state index < -0.39 is 0 Å². The van der Waals surface area contributed by atoms with Gasteiger partial charge in [-0.15, -0.1) is 0 Å². The molecule has 1 amide bonds. The summed E-state index contributed by atoms with van der Waals surface area (Å²) in [5, 5.41) is 18.8. The van der Waals surface area contributed by atoms with Gasteiger partial charge in [-0.25, -0.2) is 9.97 Å². The van der Waals surface area contributed by atoms with Crippen LogP contribution in [0.2, 0.25) is 0 Å². The Balaban J connectivity index is 1.26. The van der Waals surface area contributed by atoms with Crippen LogP contribution in [-0.2, 0) is 13.6 Å². The van der Waals surface area contributed by atoms with Gasteiger partial charge in [0.05, 0.1) is 23.1 Å². The average Bonchev–Trinajstić information content (AvgIpc) is 3.63. The summed E-state index contributed by atoms with van der Waals surface area (Å²) in [5.74, 6) is 1.89. The number of nitrogens with one attached hydrogen (secondary N) is 2. The maximum atomic E-state index is 13.0. The molecule has 37 heavy (non-hydrogen) atoms. The van der Waals surface area contributed by atoms with Gasteiger partial charge in [-0.1, -0.05) is 0 Å². The molecule has 2 atom stereocenters. The average molecular weight is 497 g/mol. The Kier molecular flexibility index (Phi) is 4.95. The smallest absolute Gasteiger partial charge is 0.254 e. The second kappa shape index (κ2) is 8.25. The molecule has 2 saturated heterocycles. The van der Waals surface area contributed by atoms with E-state index in [2.05, 4.69) is 26.6 Å². The van der Waals surface area contributed by atoms with Crippen LogP contribution in [-0.4, -0.2) is 61.4 Å². The molecule has 3 aliphatic heterocycles. The van der Waals surface area contributed by atoms with Gasteiger partial charge in [-0.05, 0) is 49.1 Å². The molecular weight excluding hydrogens is 468 g/mol. The number of hydrogen-bond donors (Lipinski definition) is 3. The number of hydroxylamine groups is 2. The van der Waals surface area contributed by atoms with Crippen molar-refractivity contribution in [2.24, 2.45) is 13.0 Å². The van der Waals surface area contributed by atoms with Crippen molar-refractivity contribution in [3.8, 4) is 11.3 Å². The molecular formula is C27H28N8O2. The number of amides is 1. The third-order valence-corrected chi connectivity index (χ3v) is 7.90. The largest absolute Gasteiger partial charge is 0.352 e. The van der Waals surface area contributed by atoms with Crippen molar-refractivity contribution in [1.82, 2.24) is 29.9 Å². The number of aryl methyl sites for hydroxylation is 2. The number of anilines is 3. The molecule has 188 valence electrons. The van der Waals surface area contributed by atoms with E-state index in [4.69, 9.17) is 9.97 Å². The van der Waals surface area contributed by atoms with Crippen LogP contribution in [0.15, 0.2) is 42.9 Å². The Labute approximate surface area is 213 Å². The van der Waals surface area contributed by atoms with Crippen LogP contribution in [0.5, 0.6) is 0 Å². The SMILES string of the molecule is Cc1cc(Nc2cnc(-c3ccnc4c3ccn4C)c3c2C(=O)NC3)nc(N2CC[C@@H]3CN(O)C[C@@H]32)c1. The molecule has 7 heterocycles. The fraction of sp³-hybridized carbons (Fsp3) is 0.333. The maximum absolute atomic E-state index is 13.0. The molecule has 4 aromatic rings. The third-order valence-electron chi connectivity index (χ3n) is 7.90. The monoisotopic (exact) mass is 496 g/mol. The zero-order valence-electron chi connectivity index (χ0n) is 20.8. The molecule has 3 N–H and O–H groups in total. The first kappa shape index (κ1) is 22.2. The van der Waals surface area contributed by atoms with E-state index >= 15 is 0 Å². The maximum Gasteiger partial charge on any atom is 0.254 e. The van der Waals surface area contributed by atoms with Crippen LogP contribution >= 0.6 is 0 Å². The quantitative estimate of drug-likeness (QED) is 0.395. The van der Waals surface area contributed by atoms with Crippen LogP contribution < -0.4 is 15.5 Å². The van der Waals surface area contributed by atoms with Crippen molar-refractivity contribution >= 4 is 34.3 Å². The number of pyridine rings is 3. The highest BCUT2D eigenvalue weighted by Gasteiger charge is 2.41. The number of fused-ring (bicyclic) bond motifs is 3. The number of carbonyl (C=O) groups excluding carboxylic acids is 1. The van der Waals surface area contributed by atoms with Gasteiger partial charge < -0.3 is 25.3 Å². The minimum atomic E-state index is -0.122. The van der Waals surface area contributed by atoms with Crippen LogP contribution in [0.3, 0.4) is 0 Å². The van der Waals surface area contributed by atoms with Gasteiger partial charge in [0.2, 0.25) is 0 Å². The molecule has 0 bridgehead atoms. The number of carbonyl (C=O) groups is 1. The summed E-state index contributed by atoms with van der Waals surface area (Å²) in [4.78, 5) is 29.5. The Bertz CT molecular complexity index is 1560. The predicted octanol–water partition coefficient (Wildman–Crippen LogP) is 3.23. The van der Waals surface area contributed by atoms with Crippen LogP contribution in [0.1, 0.15) is 27.9 Å². The number of hydrogen-bond acceptors (Lipinski definition) is 8. The summed E-state index contributed by atoms with van der Waals surface area (Å²) in [6.45, 7) is 4.73. The van der Waals surface area contributed by atoms with Gasteiger partial charge >= 0.3 is 0 Å². The summed E-state index contributed by atoms with van der Waals surface area (Å²) in [7, 11) is 1.97. The van der Waals surface area contributed by atoms with Crippen molar-refractivity contribution in [3.63, 3.8) is 0 Å². The first-order valence-electron chi connectivity index (χ1n) is 12.6. The molecule has 0 radical (unpaired) electrons. The summed E-state index contributed by atoms with van der Waals surface area (Å²) in [6, 6.07) is 8.31. The lowest BCUT2D eigenvalue weighted by Crippen LogP contribution is -2.35. The lowest BCUT2D eigenvalue weighted by Gasteiger charge is -2.26. The molecule has 7 rings (SSSR count). The summed E-state index contributed by atoms with van der Waals surface area (Å²) in [6.07, 6.45) is 6.53. The van der Waals surface area contributed by atoms with Gasteiger partial charge in [0.15, 0.2) is 0 Å². The predicted molar refractivity (Wildman–Crippen MR) is 140 cm³/mol. The van der Waals surface area contributed by atoms with Crippen molar-refractivity contribution in [2.75, 3.05) is 29.9 Å². The van der Waals surface area contributed by atoms with E-state index in [9.17, 15) is 10.0 Å². The normalized spacial score (nSPS) is 20.9. The fourth-order valence-corrected chi connectivity index (χ4v) is 6.16. The summed E-state index contributed by atoms with van der Waals surface area (Å²) in [5.41, 5.74) is 5.80. The molecule has 0 aliphatic carbocycles. The fourth-order valence-electron chi connectivity index (χ4n) is 6.16. The van der Waals surface area contributed by atoms with Gasteiger partial charge in [0.25, 0.3) is 5.91 Å². The Morgan fingerprint density at radius 3 is 2.97 bits per heavy atom. The van der Waals surface area contributed by atoms with E-state index in [1.54, 1.807) is 12.4 Å². The van der Waals surface area contributed by atoms with Gasteiger partial charge in [0.1, 0.15) is 17.3 Å². The molecule has 4 aromatic heterocycles. The van der Waals surface area contributed by atoms with Crippen molar-refractivity contribution in [3.05, 3.63) is 59.5 Å². The zero-order chi connectivity index (χ0) is 25.3. The van der Waals surface area contributed by atoms with E-state index in [1.165, 1.54) is 5.06 Å². The summed E-state index contributed by atoms with van der Waals surface area (Å²) >= 11 is 0. The Hall–Kier alpha value is -4.02. The first-order chi connectivity index (χ1) is 18.0. The lowest BCUT2D eigenvalue weighted by atomic mass is 10.0. The van der Waals surface area contributed by atoms with E-state index in [0.29, 0.717) is 42.6 Å². The van der Waals surface area contributed by atoms with Crippen LogP contribution in [0.25, 0.3) is 22.3 Å². The van der Waals surface area contributed by atoms with Gasteiger partial charge in [-0.3, -0.25) is 9.78 Å². The highest BCUT2D eigenvalue weighted by atomic mass is 16.5. The van der Waals surface area contributed by atoms with Gasteiger partial charge in [-0.2, -0.15) is 5.06 Å². The highest BCUT2D eigenvalue weighted by Crippen LogP contribution is 2.37. The molecule has 0 saturated carbocycles. The van der Waals surface area contributed by atoms with Crippen molar-refractivity contribution < 1.29 is 10.0 Å². The first-order valence-corrected chi connectivity index (χ1v) is 12.6. The van der Waals surface area contributed by atoms with E-state index in [-0.39, 0.29) is 11.9 Å². The molecule has 10 nitrogen and oxygen atoms in total. The van der Waals surface area contributed by atoms with Crippen LogP contribution in [0.4, 0.5) is 17.3 Å². The minimum absolute atomic E-state index is 0.122. The standard InChI is InChI=1S/C27H28N8O2/c1-15-9-22(32-23(10-15)35-8-4-16-13-34(37)14-21(16)35)31-20-12-29-25(19-11-30-27(36)24(19)20)17-3-6-28-26-18(17)5-7-33(26)2/h3,5-7,9-10,12,16,21,37H,4,8,11,13-14H2,1-2H3,(H,30,36)(H,31,32)/t16-,21+/m1/s1. The summed E-state index contributed by atoms with van der Waals surface area (Å²) < 4.78 is 1.98. The molecule has 0 aromatic carbocycles. The third kappa shape index (κ3) is 3.55. The Morgan fingerprint density at radius 2 is 2.08 bits per heavy atom. The van der Waals surface area contributed by atoms with Gasteiger partial charge in [0, 0.05) is 68.2 Å². The van der Waals surface area contributed by atoms with E-state index in [1.807, 2.05) is 42.9 Å². The molecule has 0 spiro atoms. The van der Waals surface area contributed by atoms with Crippen molar-refractivity contribution in [2.45, 2.75) is 25.9 Å². The highest BCUT2D eigenvalue weighted by molar-refractivity contribution is 6.06. The van der Waals surface area contributed by atoms with Crippen LogP contribution in [0, 0.1) is 12.8 Å². The number of nitrogens with zero attached hydrogens (tertiary/aromatic N) is 6.